The largest absolute Gasteiger partial charge is 0.508 e. The lowest BCUT2D eigenvalue weighted by Gasteiger charge is -1.97. The summed E-state index contributed by atoms with van der Waals surface area (Å²) in [6, 6.07) is 5.88. The fourth-order valence-corrected chi connectivity index (χ4v) is 0.715. The van der Waals surface area contributed by atoms with Crippen LogP contribution in [0.3, 0.4) is 0 Å². The fraction of sp³-hybridized carbons (Fsp3) is 0.111. The van der Waals surface area contributed by atoms with Gasteiger partial charge in [-0.2, -0.15) is 0 Å². The smallest absolute Gasteiger partial charge is 0.337 e. The zero-order valence-corrected chi connectivity index (χ0v) is 7.10. The number of esters is 1. The Balaban J connectivity index is 0.000000671. The summed E-state index contributed by atoms with van der Waals surface area (Å²) in [5.74, 6) is -0.261. The molecule has 1 aromatic carbocycles. The molecule has 0 saturated heterocycles. The predicted molar refractivity (Wildman–Crippen MR) is 46.1 cm³/mol. The van der Waals surface area contributed by atoms with Crippen LogP contribution in [-0.2, 0) is 4.74 Å². The lowest BCUT2D eigenvalue weighted by atomic mass is 10.2. The van der Waals surface area contributed by atoms with Crippen LogP contribution in [0.1, 0.15) is 10.4 Å². The van der Waals surface area contributed by atoms with E-state index in [0.29, 0.717) is 5.56 Å². The molecule has 0 amide bonds. The first-order valence-electron chi connectivity index (χ1n) is 3.37. The maximum Gasteiger partial charge on any atom is 0.337 e. The van der Waals surface area contributed by atoms with Crippen LogP contribution in [0.4, 0.5) is 0 Å². The van der Waals surface area contributed by atoms with E-state index in [4.69, 9.17) is 10.4 Å². The Hall–Kier alpha value is -2.02. The zero-order chi connectivity index (χ0) is 10.3. The second-order valence-electron chi connectivity index (χ2n) is 2.04. The second-order valence-corrected chi connectivity index (χ2v) is 2.04. The van der Waals surface area contributed by atoms with Crippen molar-refractivity contribution in [1.29, 1.82) is 5.26 Å². The normalized spacial score (nSPS) is 7.92. The van der Waals surface area contributed by atoms with Crippen LogP contribution in [0.2, 0.25) is 0 Å². The summed E-state index contributed by atoms with van der Waals surface area (Å²) in [7, 11) is 1.31. The first-order chi connectivity index (χ1) is 6.24. The van der Waals surface area contributed by atoms with Crippen LogP contribution in [0.5, 0.6) is 5.75 Å². The van der Waals surface area contributed by atoms with Gasteiger partial charge in [-0.1, -0.05) is 0 Å². The highest BCUT2D eigenvalue weighted by Gasteiger charge is 2.02. The van der Waals surface area contributed by atoms with Crippen molar-refractivity contribution in [3.05, 3.63) is 29.8 Å². The number of aromatic hydroxyl groups is 1. The van der Waals surface area contributed by atoms with E-state index in [1.807, 2.05) is 0 Å². The Bertz CT molecular complexity index is 289. The quantitative estimate of drug-likeness (QED) is 0.660. The Morgan fingerprint density at radius 2 is 1.85 bits per heavy atom. The molecular formula is C9H9NO3. The van der Waals surface area contributed by atoms with Crippen molar-refractivity contribution in [2.24, 2.45) is 0 Å². The second kappa shape index (κ2) is 5.61. The van der Waals surface area contributed by atoms with Gasteiger partial charge in [-0.05, 0) is 24.3 Å². The molecule has 1 rings (SSSR count). The lowest BCUT2D eigenvalue weighted by Crippen LogP contribution is -1.99. The number of nitrogens with zero attached hydrogens (tertiary/aromatic N) is 1. The fourth-order valence-electron chi connectivity index (χ4n) is 0.715. The molecule has 0 saturated carbocycles. The molecule has 0 aliphatic rings. The number of methoxy groups -OCH3 is 1. The standard InChI is InChI=1S/C8H8O3.CHN/c1-11-8(10)6-2-4-7(9)5-3-6;1-2/h2-5,9H,1H3;1H. The first kappa shape index (κ1) is 11.0. The summed E-state index contributed by atoms with van der Waals surface area (Å²) >= 11 is 0. The molecule has 68 valence electrons. The predicted octanol–water partition coefficient (Wildman–Crippen LogP) is 1.32. The summed E-state index contributed by atoms with van der Waals surface area (Å²) in [6.07, 6.45) is 0. The molecule has 0 bridgehead atoms. The van der Waals surface area contributed by atoms with Gasteiger partial charge in [0.1, 0.15) is 5.75 Å². The molecule has 4 heteroatoms. The van der Waals surface area contributed by atoms with E-state index >= 15 is 0 Å². The number of phenolic OH excluding ortho intramolecular Hbond substituents is 1. The van der Waals surface area contributed by atoms with E-state index in [9.17, 15) is 4.79 Å². The molecule has 0 radical (unpaired) electrons. The van der Waals surface area contributed by atoms with E-state index in [1.54, 1.807) is 0 Å². The topological polar surface area (TPSA) is 70.3 Å². The van der Waals surface area contributed by atoms with E-state index < -0.39 is 5.97 Å². The van der Waals surface area contributed by atoms with E-state index in [1.165, 1.54) is 31.4 Å². The maximum atomic E-state index is 10.8. The number of phenols is 1. The monoisotopic (exact) mass is 179 g/mol. The molecule has 4 nitrogen and oxygen atoms in total. The van der Waals surface area contributed by atoms with Gasteiger partial charge in [-0.15, -0.1) is 0 Å². The number of nitriles is 1. The maximum absolute atomic E-state index is 10.8. The molecule has 0 heterocycles. The van der Waals surface area contributed by atoms with Crippen LogP contribution < -0.4 is 0 Å². The summed E-state index contributed by atoms with van der Waals surface area (Å²) < 4.78 is 4.46. The third-order valence-corrected chi connectivity index (χ3v) is 1.29. The highest BCUT2D eigenvalue weighted by molar-refractivity contribution is 5.89. The van der Waals surface area contributed by atoms with Gasteiger partial charge in [-0.25, -0.2) is 10.1 Å². The van der Waals surface area contributed by atoms with Gasteiger partial charge >= 0.3 is 5.97 Å². The number of rotatable bonds is 1. The Morgan fingerprint density at radius 1 is 1.38 bits per heavy atom. The van der Waals surface area contributed by atoms with Crippen molar-refractivity contribution in [3.63, 3.8) is 0 Å². The van der Waals surface area contributed by atoms with Crippen molar-refractivity contribution >= 4 is 5.97 Å². The minimum atomic E-state index is -0.398. The zero-order valence-electron chi connectivity index (χ0n) is 7.10. The van der Waals surface area contributed by atoms with Crippen LogP contribution in [0.25, 0.3) is 0 Å². The van der Waals surface area contributed by atoms with Crippen LogP contribution >= 0.6 is 0 Å². The number of hydrogen-bond donors (Lipinski definition) is 1. The van der Waals surface area contributed by atoms with Gasteiger partial charge in [-0.3, -0.25) is 0 Å². The van der Waals surface area contributed by atoms with Gasteiger partial charge in [0.05, 0.1) is 12.7 Å². The minimum Gasteiger partial charge on any atom is -0.508 e. The SMILES string of the molecule is C#N.COC(=O)c1ccc(O)cc1. The van der Waals surface area contributed by atoms with Crippen LogP contribution in [0, 0.1) is 11.8 Å². The molecule has 0 aromatic heterocycles. The average Bonchev–Trinajstić information content (AvgIpc) is 2.21. The van der Waals surface area contributed by atoms with Crippen molar-refractivity contribution < 1.29 is 14.6 Å². The Labute approximate surface area is 76.0 Å². The van der Waals surface area contributed by atoms with Crippen LogP contribution in [0.15, 0.2) is 24.3 Å². The van der Waals surface area contributed by atoms with Gasteiger partial charge < -0.3 is 9.84 Å². The highest BCUT2D eigenvalue weighted by Crippen LogP contribution is 2.09. The minimum absolute atomic E-state index is 0.137. The van der Waals surface area contributed by atoms with Crippen molar-refractivity contribution in [2.45, 2.75) is 0 Å². The van der Waals surface area contributed by atoms with Gasteiger partial charge in [0.25, 0.3) is 0 Å². The third kappa shape index (κ3) is 3.25. The molecule has 0 atom stereocenters. The van der Waals surface area contributed by atoms with Gasteiger partial charge in [0, 0.05) is 6.57 Å². The molecule has 0 fully saturated rings. The summed E-state index contributed by atoms with van der Waals surface area (Å²) in [6.45, 7) is 3.50. The number of benzene rings is 1. The number of hydrogen-bond acceptors (Lipinski definition) is 4. The molecule has 0 spiro atoms. The van der Waals surface area contributed by atoms with Gasteiger partial charge in [0.15, 0.2) is 0 Å². The van der Waals surface area contributed by atoms with E-state index in [2.05, 4.69) is 11.3 Å². The average molecular weight is 179 g/mol. The van der Waals surface area contributed by atoms with Crippen molar-refractivity contribution in [3.8, 4) is 12.3 Å². The molecular weight excluding hydrogens is 170 g/mol. The van der Waals surface area contributed by atoms with Gasteiger partial charge in [0.2, 0.25) is 0 Å². The van der Waals surface area contributed by atoms with Crippen molar-refractivity contribution in [1.82, 2.24) is 0 Å². The summed E-state index contributed by atoms with van der Waals surface area (Å²) in [4.78, 5) is 10.8. The molecule has 1 N–H and O–H groups in total. The Kier molecular flexibility index (Phi) is 4.74. The van der Waals surface area contributed by atoms with Crippen LogP contribution in [-0.4, -0.2) is 18.2 Å². The number of carbonyl (C=O) groups excluding carboxylic acids is 1. The van der Waals surface area contributed by atoms with E-state index in [0.717, 1.165) is 0 Å². The van der Waals surface area contributed by atoms with E-state index in [-0.39, 0.29) is 5.75 Å². The number of ether oxygens (including phenoxy) is 1. The highest BCUT2D eigenvalue weighted by atomic mass is 16.5. The molecule has 0 aliphatic heterocycles. The Morgan fingerprint density at radius 3 is 2.23 bits per heavy atom. The summed E-state index contributed by atoms with van der Waals surface area (Å²) in [5.41, 5.74) is 0.435. The van der Waals surface area contributed by atoms with Crippen molar-refractivity contribution in [2.75, 3.05) is 7.11 Å². The molecule has 0 aliphatic carbocycles. The third-order valence-electron chi connectivity index (χ3n) is 1.29. The molecule has 13 heavy (non-hydrogen) atoms. The molecule has 0 unspecified atom stereocenters. The summed E-state index contributed by atoms with van der Waals surface area (Å²) in [5, 5.41) is 15.4. The molecule has 1 aromatic rings. The first-order valence-corrected chi connectivity index (χ1v) is 3.37. The lowest BCUT2D eigenvalue weighted by molar-refractivity contribution is 0.0601. The number of carbonyl (C=O) groups is 1.